The van der Waals surface area contributed by atoms with Gasteiger partial charge in [0.05, 0.1) is 34.5 Å². The van der Waals surface area contributed by atoms with E-state index < -0.39 is 46.8 Å². The lowest BCUT2D eigenvalue weighted by atomic mass is 9.54. The summed E-state index contributed by atoms with van der Waals surface area (Å²) < 4.78 is 0. The molecule has 3 aliphatic rings. The molecular weight excluding hydrogens is 583 g/mol. The van der Waals surface area contributed by atoms with Crippen molar-refractivity contribution in [3.8, 4) is 0 Å². The molecule has 4 amide bonds. The minimum absolute atomic E-state index is 0.0512. The van der Waals surface area contributed by atoms with Gasteiger partial charge >= 0.3 is 0 Å². The zero-order chi connectivity index (χ0) is 30.2. The number of rotatable bonds is 4. The molecule has 2 fully saturated rings. The molecule has 0 spiro atoms. The summed E-state index contributed by atoms with van der Waals surface area (Å²) in [5.41, 5.74) is 2.97. The Hall–Kier alpha value is -4.26. The number of carbonyl (C=O) groups is 4. The fourth-order valence-corrected chi connectivity index (χ4v) is 7.51. The number of anilines is 2. The van der Waals surface area contributed by atoms with Gasteiger partial charge in [0, 0.05) is 10.0 Å². The molecule has 8 heteroatoms. The Bertz CT molecular complexity index is 1840. The Morgan fingerprint density at radius 3 is 1.79 bits per heavy atom. The maximum Gasteiger partial charge on any atom is 0.242 e. The van der Waals surface area contributed by atoms with Crippen molar-refractivity contribution in [2.75, 3.05) is 9.80 Å². The number of fused-ring (bicyclic) bond motifs is 6. The van der Waals surface area contributed by atoms with Gasteiger partial charge in [0.1, 0.15) is 0 Å². The third kappa shape index (κ3) is 4.00. The van der Waals surface area contributed by atoms with Crippen LogP contribution in [0.4, 0.5) is 11.4 Å². The maximum atomic E-state index is 15.0. The molecule has 6 nitrogen and oxygen atoms in total. The summed E-state index contributed by atoms with van der Waals surface area (Å²) in [5.74, 6) is -5.01. The molecule has 0 radical (unpaired) electrons. The van der Waals surface area contributed by atoms with E-state index in [1.165, 1.54) is 9.80 Å². The van der Waals surface area contributed by atoms with Crippen molar-refractivity contribution in [3.05, 3.63) is 129 Å². The topological polar surface area (TPSA) is 74.8 Å². The van der Waals surface area contributed by atoms with Crippen LogP contribution in [0.3, 0.4) is 0 Å². The predicted octanol–water partition coefficient (Wildman–Crippen LogP) is 6.78. The number of imide groups is 2. The maximum absolute atomic E-state index is 15.0. The Balaban J connectivity index is 1.50. The molecule has 43 heavy (non-hydrogen) atoms. The van der Waals surface area contributed by atoms with Crippen LogP contribution >= 0.6 is 23.2 Å². The normalized spacial score (nSPS) is 24.3. The quantitative estimate of drug-likeness (QED) is 0.239. The van der Waals surface area contributed by atoms with Crippen LogP contribution in [-0.2, 0) is 25.6 Å². The molecule has 2 aliphatic heterocycles. The van der Waals surface area contributed by atoms with E-state index in [1.54, 1.807) is 66.7 Å². The van der Waals surface area contributed by atoms with Crippen molar-refractivity contribution in [3.63, 3.8) is 0 Å². The van der Waals surface area contributed by atoms with E-state index in [2.05, 4.69) is 0 Å². The first-order valence-corrected chi connectivity index (χ1v) is 14.8. The van der Waals surface area contributed by atoms with Gasteiger partial charge in [-0.2, -0.15) is 0 Å². The van der Waals surface area contributed by atoms with Crippen LogP contribution in [0.15, 0.2) is 91.0 Å². The van der Waals surface area contributed by atoms with Crippen LogP contribution in [-0.4, -0.2) is 23.6 Å². The molecule has 4 aromatic rings. The third-order valence-electron chi connectivity index (χ3n) is 9.13. The first-order chi connectivity index (χ1) is 20.6. The van der Waals surface area contributed by atoms with Crippen LogP contribution in [0.1, 0.15) is 39.7 Å². The smallest absolute Gasteiger partial charge is 0.242 e. The van der Waals surface area contributed by atoms with Gasteiger partial charge in [-0.1, -0.05) is 76.8 Å². The monoisotopic (exact) mass is 608 g/mol. The Morgan fingerprint density at radius 2 is 1.19 bits per heavy atom. The number of hydrogen-bond donors (Lipinski definition) is 0. The van der Waals surface area contributed by atoms with Gasteiger partial charge < -0.3 is 0 Å². The molecule has 2 heterocycles. The fourth-order valence-electron chi connectivity index (χ4n) is 7.20. The molecule has 0 N–H and O–H groups in total. The summed E-state index contributed by atoms with van der Waals surface area (Å²) in [4.78, 5) is 60.9. The number of nitrogens with zero attached hydrogens (tertiary/aromatic N) is 2. The van der Waals surface area contributed by atoms with Crippen LogP contribution < -0.4 is 9.80 Å². The van der Waals surface area contributed by atoms with E-state index in [0.717, 1.165) is 16.7 Å². The van der Waals surface area contributed by atoms with E-state index in [9.17, 15) is 19.2 Å². The molecular formula is C35H26Cl2N2O4. The first kappa shape index (κ1) is 27.6. The molecule has 0 saturated carbocycles. The van der Waals surface area contributed by atoms with Crippen LogP contribution in [0.2, 0.25) is 10.0 Å². The largest absolute Gasteiger partial charge is 0.274 e. The van der Waals surface area contributed by atoms with Gasteiger partial charge in [-0.15, -0.1) is 0 Å². The molecule has 214 valence electrons. The van der Waals surface area contributed by atoms with Gasteiger partial charge in [-0.3, -0.25) is 19.2 Å². The van der Waals surface area contributed by atoms with Crippen molar-refractivity contribution in [2.24, 2.45) is 11.3 Å². The highest BCUT2D eigenvalue weighted by Gasteiger charge is 2.73. The van der Waals surface area contributed by atoms with E-state index in [1.807, 2.05) is 38.1 Å². The molecule has 0 bridgehead atoms. The zero-order valence-corrected chi connectivity index (χ0v) is 24.9. The highest BCUT2D eigenvalue weighted by atomic mass is 35.5. The first-order valence-electron chi connectivity index (χ1n) is 14.0. The lowest BCUT2D eigenvalue weighted by Crippen LogP contribution is -2.51. The molecule has 1 aliphatic carbocycles. The second kappa shape index (κ2) is 9.90. The van der Waals surface area contributed by atoms with E-state index in [-0.39, 0.29) is 6.42 Å². The van der Waals surface area contributed by atoms with Crippen molar-refractivity contribution in [1.29, 1.82) is 0 Å². The number of carbonyl (C=O) groups excluding carboxylic acids is 4. The molecule has 0 unspecified atom stereocenters. The minimum Gasteiger partial charge on any atom is -0.274 e. The van der Waals surface area contributed by atoms with Crippen molar-refractivity contribution in [1.82, 2.24) is 0 Å². The number of aryl methyl sites for hydroxylation is 2. The predicted molar refractivity (Wildman–Crippen MR) is 165 cm³/mol. The summed E-state index contributed by atoms with van der Waals surface area (Å²) in [5, 5.41) is 0.892. The van der Waals surface area contributed by atoms with Crippen LogP contribution in [0.5, 0.6) is 0 Å². The molecule has 4 atom stereocenters. The number of halogens is 2. The zero-order valence-electron chi connectivity index (χ0n) is 23.4. The van der Waals surface area contributed by atoms with Crippen LogP contribution in [0.25, 0.3) is 0 Å². The van der Waals surface area contributed by atoms with Crippen molar-refractivity contribution >= 4 is 58.2 Å². The van der Waals surface area contributed by atoms with Gasteiger partial charge in [0.2, 0.25) is 23.6 Å². The summed E-state index contributed by atoms with van der Waals surface area (Å²) >= 11 is 12.7. The van der Waals surface area contributed by atoms with Gasteiger partial charge in [0.15, 0.2) is 0 Å². The highest BCUT2D eigenvalue weighted by molar-refractivity contribution is 6.33. The lowest BCUT2D eigenvalue weighted by Gasteiger charge is -2.43. The van der Waals surface area contributed by atoms with E-state index in [4.69, 9.17) is 23.2 Å². The number of hydrogen-bond acceptors (Lipinski definition) is 4. The average molecular weight is 610 g/mol. The summed E-state index contributed by atoms with van der Waals surface area (Å²) in [7, 11) is 0. The Morgan fingerprint density at radius 1 is 0.628 bits per heavy atom. The van der Waals surface area contributed by atoms with Gasteiger partial charge in [0.25, 0.3) is 0 Å². The standard InChI is InChI=1S/C35H26Cl2N2O4/c1-19-3-12-24(13-4-19)38-31(40)28-26-16-11-23(37)17-27(26)29-32(41)39(25-14-5-20(2)6-15-25)34(43)35(29,30(28)33(38)42)18-21-7-9-22(36)10-8-21/h3-17,28-30H,18H2,1-2H3/t28-,29-,30-,35-/m0/s1. The van der Waals surface area contributed by atoms with E-state index >= 15 is 0 Å². The van der Waals surface area contributed by atoms with Gasteiger partial charge in [-0.05, 0) is 85.5 Å². The van der Waals surface area contributed by atoms with Crippen LogP contribution in [0, 0.1) is 25.2 Å². The summed E-state index contributed by atoms with van der Waals surface area (Å²) in [6, 6.07) is 26.3. The second-order valence-electron chi connectivity index (χ2n) is 11.7. The summed E-state index contributed by atoms with van der Waals surface area (Å²) in [6.45, 7) is 3.84. The number of amides is 4. The molecule has 7 rings (SSSR count). The van der Waals surface area contributed by atoms with Crippen molar-refractivity contribution in [2.45, 2.75) is 32.1 Å². The Labute approximate surface area is 258 Å². The Kier molecular flexibility index (Phi) is 6.35. The van der Waals surface area contributed by atoms with Gasteiger partial charge in [-0.25, -0.2) is 9.80 Å². The summed E-state index contributed by atoms with van der Waals surface area (Å²) in [6.07, 6.45) is 0.0512. The molecule has 4 aromatic carbocycles. The lowest BCUT2D eigenvalue weighted by molar-refractivity contribution is -0.138. The fraction of sp³-hybridized carbons (Fsp3) is 0.200. The van der Waals surface area contributed by atoms with E-state index in [0.29, 0.717) is 32.5 Å². The van der Waals surface area contributed by atoms with Crippen molar-refractivity contribution < 1.29 is 19.2 Å². The molecule has 2 saturated heterocycles. The highest BCUT2D eigenvalue weighted by Crippen LogP contribution is 2.63. The second-order valence-corrected chi connectivity index (χ2v) is 12.5. The number of benzene rings is 4. The molecule has 0 aromatic heterocycles. The third-order valence-corrected chi connectivity index (χ3v) is 9.62. The minimum atomic E-state index is -1.59. The average Bonchev–Trinajstić information content (AvgIpc) is 3.38. The SMILES string of the molecule is Cc1ccc(N2C(=O)[C@@H]3[C@@H](C2=O)c2ccc(Cl)cc2[C@H]2C(=O)N(c4ccc(C)cc4)C(=O)[C@@]23Cc2ccc(Cl)cc2)cc1.